The molecule has 11 heavy (non-hydrogen) atoms. The van der Waals surface area contributed by atoms with Crippen molar-refractivity contribution in [2.45, 2.75) is 6.92 Å². The van der Waals surface area contributed by atoms with Gasteiger partial charge in [0.25, 0.3) is 0 Å². The number of nitrogens with zero attached hydrogens (tertiary/aromatic N) is 1. The molecule has 0 bridgehead atoms. The number of ketones is 1. The lowest BCUT2D eigenvalue weighted by molar-refractivity contribution is 0.101. The predicted molar refractivity (Wildman–Crippen MR) is 35.9 cm³/mol. The van der Waals surface area contributed by atoms with E-state index in [0.29, 0.717) is 0 Å². The molecule has 0 radical (unpaired) electrons. The Hall–Kier alpha value is -1.45. The molecule has 0 spiro atoms. The lowest BCUT2D eigenvalue weighted by Gasteiger charge is -1.97. The molecule has 0 aliphatic heterocycles. The molecule has 1 aromatic heterocycles. The highest BCUT2D eigenvalue weighted by Gasteiger charge is 2.07. The fraction of sp³-hybridized carbons (Fsp3) is 0.143. The van der Waals surface area contributed by atoms with Gasteiger partial charge in [0, 0.05) is 0 Å². The summed E-state index contributed by atoms with van der Waals surface area (Å²) in [5.41, 5.74) is -0.0926. The summed E-state index contributed by atoms with van der Waals surface area (Å²) in [4.78, 5) is 13.9. The van der Waals surface area contributed by atoms with Crippen molar-refractivity contribution in [2.75, 3.05) is 0 Å². The highest BCUT2D eigenvalue weighted by molar-refractivity contribution is 5.96. The fourth-order valence-electron chi connectivity index (χ4n) is 0.691. The largest absolute Gasteiger partial charge is 0.493 e. The van der Waals surface area contributed by atoms with Crippen molar-refractivity contribution in [3.8, 4) is 5.88 Å². The van der Waals surface area contributed by atoms with Gasteiger partial charge in [0.1, 0.15) is 5.82 Å². The number of hydrogen-bond acceptors (Lipinski definition) is 3. The highest BCUT2D eigenvalue weighted by Crippen LogP contribution is 2.13. The van der Waals surface area contributed by atoms with Crippen LogP contribution in [0.1, 0.15) is 17.3 Å². The molecule has 0 aliphatic carbocycles. The standard InChI is InChI=1S/C7H6FNO2/c1-4(10)6-2-5(8)3-9-7(6)11/h2-3H,1H3,(H,9,11). The first-order valence-corrected chi connectivity index (χ1v) is 2.96. The molecule has 0 amide bonds. The number of carbonyl (C=O) groups is 1. The molecule has 0 fully saturated rings. The summed E-state index contributed by atoms with van der Waals surface area (Å²) >= 11 is 0. The van der Waals surface area contributed by atoms with E-state index < -0.39 is 17.5 Å². The Morgan fingerprint density at radius 1 is 1.73 bits per heavy atom. The minimum absolute atomic E-state index is 0.0926. The van der Waals surface area contributed by atoms with Gasteiger partial charge < -0.3 is 5.11 Å². The number of carbonyl (C=O) groups excluding carboxylic acids is 1. The molecule has 0 atom stereocenters. The number of halogens is 1. The number of Topliss-reactive ketones (excluding diaryl/α,β-unsaturated/α-hetero) is 1. The molecular formula is C7H6FNO2. The summed E-state index contributed by atoms with van der Waals surface area (Å²) in [5.74, 6) is -1.47. The van der Waals surface area contributed by atoms with E-state index in [1.54, 1.807) is 0 Å². The summed E-state index contributed by atoms with van der Waals surface area (Å²) in [6.07, 6.45) is 0.849. The van der Waals surface area contributed by atoms with E-state index in [1.165, 1.54) is 6.92 Å². The third kappa shape index (κ3) is 1.52. The van der Waals surface area contributed by atoms with Crippen LogP contribution in [0.2, 0.25) is 0 Å². The Morgan fingerprint density at radius 2 is 2.36 bits per heavy atom. The molecule has 0 aliphatic rings. The maximum absolute atomic E-state index is 12.4. The first-order valence-electron chi connectivity index (χ1n) is 2.96. The Kier molecular flexibility index (Phi) is 1.85. The molecule has 0 saturated heterocycles. The summed E-state index contributed by atoms with van der Waals surface area (Å²) in [5, 5.41) is 8.91. The van der Waals surface area contributed by atoms with Crippen LogP contribution in [0, 0.1) is 5.82 Å². The van der Waals surface area contributed by atoms with Crippen LogP contribution in [0.25, 0.3) is 0 Å². The van der Waals surface area contributed by atoms with Crippen LogP contribution in [0.5, 0.6) is 5.88 Å². The average Bonchev–Trinajstić information content (AvgIpc) is 1.94. The Labute approximate surface area is 62.5 Å². The van der Waals surface area contributed by atoms with Gasteiger partial charge in [0.2, 0.25) is 5.88 Å². The molecule has 0 saturated carbocycles. The molecule has 1 rings (SSSR count). The lowest BCUT2D eigenvalue weighted by atomic mass is 10.2. The first-order chi connectivity index (χ1) is 5.11. The van der Waals surface area contributed by atoms with Crippen molar-refractivity contribution in [3.05, 3.63) is 23.6 Å². The van der Waals surface area contributed by atoms with E-state index in [2.05, 4.69) is 4.98 Å². The molecule has 58 valence electrons. The number of hydrogen-bond donors (Lipinski definition) is 1. The van der Waals surface area contributed by atoms with Crippen LogP contribution >= 0.6 is 0 Å². The third-order valence-corrected chi connectivity index (χ3v) is 1.21. The summed E-state index contributed by atoms with van der Waals surface area (Å²) in [6.45, 7) is 1.23. The number of aromatic nitrogens is 1. The van der Waals surface area contributed by atoms with Crippen LogP contribution in [0.4, 0.5) is 4.39 Å². The second kappa shape index (κ2) is 2.65. The zero-order chi connectivity index (χ0) is 8.43. The second-order valence-corrected chi connectivity index (χ2v) is 2.08. The topological polar surface area (TPSA) is 50.2 Å². The predicted octanol–water partition coefficient (Wildman–Crippen LogP) is 1.13. The third-order valence-electron chi connectivity index (χ3n) is 1.21. The smallest absolute Gasteiger partial charge is 0.222 e. The van der Waals surface area contributed by atoms with Crippen molar-refractivity contribution in [3.63, 3.8) is 0 Å². The van der Waals surface area contributed by atoms with Gasteiger partial charge >= 0.3 is 0 Å². The highest BCUT2D eigenvalue weighted by atomic mass is 19.1. The molecule has 0 unspecified atom stereocenters. The normalized spacial score (nSPS) is 9.64. The van der Waals surface area contributed by atoms with E-state index in [1.807, 2.05) is 0 Å². The van der Waals surface area contributed by atoms with Crippen molar-refractivity contribution in [1.82, 2.24) is 4.98 Å². The number of pyridine rings is 1. The maximum Gasteiger partial charge on any atom is 0.222 e. The van der Waals surface area contributed by atoms with Gasteiger partial charge in [0.15, 0.2) is 5.78 Å². The SMILES string of the molecule is CC(=O)c1cc(F)cnc1O. The van der Waals surface area contributed by atoms with E-state index in [9.17, 15) is 9.18 Å². The number of aromatic hydroxyl groups is 1. The minimum Gasteiger partial charge on any atom is -0.493 e. The van der Waals surface area contributed by atoms with E-state index >= 15 is 0 Å². The molecule has 1 N–H and O–H groups in total. The van der Waals surface area contributed by atoms with Gasteiger partial charge in [-0.25, -0.2) is 9.37 Å². The van der Waals surface area contributed by atoms with Crippen molar-refractivity contribution >= 4 is 5.78 Å². The van der Waals surface area contributed by atoms with Crippen LogP contribution in [-0.4, -0.2) is 15.9 Å². The van der Waals surface area contributed by atoms with Gasteiger partial charge in [-0.05, 0) is 13.0 Å². The Balaban J connectivity index is 3.23. The van der Waals surface area contributed by atoms with Gasteiger partial charge in [0.05, 0.1) is 11.8 Å². The Bertz CT molecular complexity index is 298. The van der Waals surface area contributed by atoms with E-state index in [4.69, 9.17) is 5.11 Å². The van der Waals surface area contributed by atoms with Crippen LogP contribution in [0.15, 0.2) is 12.3 Å². The summed E-state index contributed by atoms with van der Waals surface area (Å²) in [7, 11) is 0. The first kappa shape index (κ1) is 7.65. The minimum atomic E-state index is -0.631. The van der Waals surface area contributed by atoms with Crippen LogP contribution < -0.4 is 0 Å². The van der Waals surface area contributed by atoms with E-state index in [-0.39, 0.29) is 5.56 Å². The average molecular weight is 155 g/mol. The van der Waals surface area contributed by atoms with Gasteiger partial charge in [-0.3, -0.25) is 4.79 Å². The number of rotatable bonds is 1. The zero-order valence-electron chi connectivity index (χ0n) is 5.84. The molecule has 1 heterocycles. The molecule has 1 aromatic rings. The Morgan fingerprint density at radius 3 is 2.82 bits per heavy atom. The summed E-state index contributed by atoms with van der Waals surface area (Å²) in [6, 6.07) is 0.949. The second-order valence-electron chi connectivity index (χ2n) is 2.08. The monoisotopic (exact) mass is 155 g/mol. The molecule has 4 heteroatoms. The van der Waals surface area contributed by atoms with Crippen molar-refractivity contribution < 1.29 is 14.3 Å². The maximum atomic E-state index is 12.4. The molecule has 0 aromatic carbocycles. The fourth-order valence-corrected chi connectivity index (χ4v) is 0.691. The van der Waals surface area contributed by atoms with Crippen molar-refractivity contribution in [1.29, 1.82) is 0 Å². The van der Waals surface area contributed by atoms with E-state index in [0.717, 1.165) is 12.3 Å². The zero-order valence-corrected chi connectivity index (χ0v) is 5.84. The molecule has 3 nitrogen and oxygen atoms in total. The van der Waals surface area contributed by atoms with Gasteiger partial charge in [-0.1, -0.05) is 0 Å². The summed E-state index contributed by atoms with van der Waals surface area (Å²) < 4.78 is 12.4. The van der Waals surface area contributed by atoms with Gasteiger partial charge in [-0.15, -0.1) is 0 Å². The van der Waals surface area contributed by atoms with Crippen LogP contribution in [-0.2, 0) is 0 Å². The van der Waals surface area contributed by atoms with Crippen molar-refractivity contribution in [2.24, 2.45) is 0 Å². The molecular weight excluding hydrogens is 149 g/mol. The lowest BCUT2D eigenvalue weighted by Crippen LogP contribution is -1.95. The van der Waals surface area contributed by atoms with Gasteiger partial charge in [-0.2, -0.15) is 0 Å². The quantitative estimate of drug-likeness (QED) is 0.618. The van der Waals surface area contributed by atoms with Crippen LogP contribution in [0.3, 0.4) is 0 Å².